The molecule has 0 spiro atoms. The van der Waals surface area contributed by atoms with Gasteiger partial charge in [-0.1, -0.05) is 0 Å². The summed E-state index contributed by atoms with van der Waals surface area (Å²) >= 11 is 0. The van der Waals surface area contributed by atoms with E-state index in [-0.39, 0.29) is 6.10 Å². The summed E-state index contributed by atoms with van der Waals surface area (Å²) in [6, 6.07) is 3.70. The summed E-state index contributed by atoms with van der Waals surface area (Å²) < 4.78 is 11.0. The van der Waals surface area contributed by atoms with Crippen LogP contribution in [0.4, 0.5) is 0 Å². The maximum absolute atomic E-state index is 5.78. The summed E-state index contributed by atoms with van der Waals surface area (Å²) in [5.41, 5.74) is 0. The molecule has 1 aromatic rings. The fraction of sp³-hybridized carbons (Fsp3) is 0.545. The lowest BCUT2D eigenvalue weighted by molar-refractivity contribution is 0.154. The second kappa shape index (κ2) is 4.98. The maximum Gasteiger partial charge on any atom is 0.257 e. The minimum absolute atomic E-state index is 0.211. The molecule has 82 valence electrons. The number of nitrogens with one attached hydrogen (secondary N) is 1. The van der Waals surface area contributed by atoms with E-state index in [0.717, 1.165) is 25.9 Å². The number of aromatic nitrogens is 1. The molecule has 4 nitrogen and oxygen atoms in total. The number of nitrogens with zero attached hydrogens (tertiary/aromatic N) is 1. The van der Waals surface area contributed by atoms with Crippen molar-refractivity contribution in [3.8, 4) is 11.6 Å². The van der Waals surface area contributed by atoms with Gasteiger partial charge in [0.05, 0.1) is 7.11 Å². The van der Waals surface area contributed by atoms with Crippen molar-refractivity contribution in [3.63, 3.8) is 0 Å². The molecule has 1 saturated heterocycles. The average Bonchev–Trinajstić information content (AvgIpc) is 2.31. The Balaban J connectivity index is 2.02. The van der Waals surface area contributed by atoms with Crippen LogP contribution in [-0.4, -0.2) is 31.3 Å². The van der Waals surface area contributed by atoms with Gasteiger partial charge in [-0.3, -0.25) is 0 Å². The monoisotopic (exact) mass is 208 g/mol. The molecule has 1 aromatic heterocycles. The predicted octanol–water partition coefficient (Wildman–Crippen LogP) is 1.22. The van der Waals surface area contributed by atoms with Crippen molar-refractivity contribution >= 4 is 0 Å². The van der Waals surface area contributed by atoms with Crippen LogP contribution < -0.4 is 14.8 Å². The SMILES string of the molecule is COc1cccnc1OC1CCCNC1. The van der Waals surface area contributed by atoms with Gasteiger partial charge in [0.1, 0.15) is 6.10 Å². The number of pyridine rings is 1. The van der Waals surface area contributed by atoms with Crippen molar-refractivity contribution in [2.24, 2.45) is 0 Å². The Bertz CT molecular complexity index is 311. The molecule has 1 atom stereocenters. The fourth-order valence-corrected chi connectivity index (χ4v) is 1.70. The molecule has 1 aliphatic rings. The van der Waals surface area contributed by atoms with Crippen LogP contribution in [0.3, 0.4) is 0 Å². The molecular formula is C11H16N2O2. The molecule has 0 amide bonds. The Morgan fingerprint density at radius 2 is 2.47 bits per heavy atom. The first kappa shape index (κ1) is 10.2. The smallest absolute Gasteiger partial charge is 0.257 e. The van der Waals surface area contributed by atoms with Crippen LogP contribution in [0.25, 0.3) is 0 Å². The number of hydrogen-bond acceptors (Lipinski definition) is 4. The Labute approximate surface area is 89.6 Å². The third kappa shape index (κ3) is 2.59. The van der Waals surface area contributed by atoms with Crippen molar-refractivity contribution in [2.75, 3.05) is 20.2 Å². The summed E-state index contributed by atoms with van der Waals surface area (Å²) in [5, 5.41) is 3.30. The quantitative estimate of drug-likeness (QED) is 0.811. The summed E-state index contributed by atoms with van der Waals surface area (Å²) in [5.74, 6) is 1.29. The summed E-state index contributed by atoms with van der Waals surface area (Å²) in [6.07, 6.45) is 4.16. The van der Waals surface area contributed by atoms with Gasteiger partial charge < -0.3 is 14.8 Å². The van der Waals surface area contributed by atoms with Gasteiger partial charge >= 0.3 is 0 Å². The molecule has 1 aliphatic heterocycles. The molecule has 0 radical (unpaired) electrons. The van der Waals surface area contributed by atoms with Crippen molar-refractivity contribution in [3.05, 3.63) is 18.3 Å². The lowest BCUT2D eigenvalue weighted by Gasteiger charge is -2.23. The molecule has 0 bridgehead atoms. The average molecular weight is 208 g/mol. The van der Waals surface area contributed by atoms with Gasteiger partial charge in [-0.2, -0.15) is 0 Å². The van der Waals surface area contributed by atoms with Crippen LogP contribution in [0.1, 0.15) is 12.8 Å². The minimum atomic E-state index is 0.211. The number of hydrogen-bond donors (Lipinski definition) is 1. The topological polar surface area (TPSA) is 43.4 Å². The third-order valence-corrected chi connectivity index (χ3v) is 2.49. The molecule has 1 fully saturated rings. The second-order valence-electron chi connectivity index (χ2n) is 3.60. The lowest BCUT2D eigenvalue weighted by atomic mass is 10.1. The van der Waals surface area contributed by atoms with Crippen molar-refractivity contribution in [1.29, 1.82) is 0 Å². The molecule has 0 aliphatic carbocycles. The standard InChI is InChI=1S/C11H16N2O2/c1-14-10-5-3-7-13-11(10)15-9-4-2-6-12-8-9/h3,5,7,9,12H,2,4,6,8H2,1H3. The van der Waals surface area contributed by atoms with E-state index < -0.39 is 0 Å². The van der Waals surface area contributed by atoms with Crippen LogP contribution >= 0.6 is 0 Å². The highest BCUT2D eigenvalue weighted by Crippen LogP contribution is 2.24. The zero-order valence-electron chi connectivity index (χ0n) is 8.90. The number of methoxy groups -OCH3 is 1. The van der Waals surface area contributed by atoms with E-state index in [4.69, 9.17) is 9.47 Å². The van der Waals surface area contributed by atoms with Crippen LogP contribution in [-0.2, 0) is 0 Å². The normalized spacial score (nSPS) is 21.0. The van der Waals surface area contributed by atoms with Crippen LogP contribution in [0.5, 0.6) is 11.6 Å². The lowest BCUT2D eigenvalue weighted by Crippen LogP contribution is -2.37. The third-order valence-electron chi connectivity index (χ3n) is 2.49. The predicted molar refractivity (Wildman–Crippen MR) is 57.3 cm³/mol. The van der Waals surface area contributed by atoms with Gasteiger partial charge in [0, 0.05) is 12.7 Å². The first-order valence-electron chi connectivity index (χ1n) is 5.26. The van der Waals surface area contributed by atoms with Crippen molar-refractivity contribution in [2.45, 2.75) is 18.9 Å². The fourth-order valence-electron chi connectivity index (χ4n) is 1.70. The summed E-state index contributed by atoms with van der Waals surface area (Å²) in [6.45, 7) is 1.97. The summed E-state index contributed by atoms with van der Waals surface area (Å²) in [4.78, 5) is 4.17. The van der Waals surface area contributed by atoms with Gasteiger partial charge in [0.15, 0.2) is 5.75 Å². The second-order valence-corrected chi connectivity index (χ2v) is 3.60. The van der Waals surface area contributed by atoms with Gasteiger partial charge in [-0.15, -0.1) is 0 Å². The Kier molecular flexibility index (Phi) is 3.40. The molecule has 1 unspecified atom stereocenters. The molecular weight excluding hydrogens is 192 g/mol. The number of piperidine rings is 1. The van der Waals surface area contributed by atoms with E-state index >= 15 is 0 Å². The molecule has 0 aromatic carbocycles. The van der Waals surface area contributed by atoms with Crippen LogP contribution in [0.15, 0.2) is 18.3 Å². The first-order valence-corrected chi connectivity index (χ1v) is 5.26. The molecule has 2 rings (SSSR count). The van der Waals surface area contributed by atoms with Gasteiger partial charge in [-0.05, 0) is 31.5 Å². The molecule has 1 N–H and O–H groups in total. The van der Waals surface area contributed by atoms with E-state index in [9.17, 15) is 0 Å². The molecule has 2 heterocycles. The Morgan fingerprint density at radius 3 is 3.20 bits per heavy atom. The van der Waals surface area contributed by atoms with Gasteiger partial charge in [-0.25, -0.2) is 4.98 Å². The number of ether oxygens (including phenoxy) is 2. The van der Waals surface area contributed by atoms with E-state index in [1.54, 1.807) is 13.3 Å². The van der Waals surface area contributed by atoms with E-state index in [1.807, 2.05) is 12.1 Å². The first-order chi connectivity index (χ1) is 7.40. The maximum atomic E-state index is 5.78. The largest absolute Gasteiger partial charge is 0.491 e. The Hall–Kier alpha value is -1.29. The van der Waals surface area contributed by atoms with Crippen molar-refractivity contribution < 1.29 is 9.47 Å². The van der Waals surface area contributed by atoms with E-state index in [2.05, 4.69) is 10.3 Å². The molecule has 0 saturated carbocycles. The molecule has 4 heteroatoms. The number of rotatable bonds is 3. The molecule has 15 heavy (non-hydrogen) atoms. The zero-order valence-corrected chi connectivity index (χ0v) is 8.90. The Morgan fingerprint density at radius 1 is 1.53 bits per heavy atom. The van der Waals surface area contributed by atoms with Crippen molar-refractivity contribution in [1.82, 2.24) is 10.3 Å². The van der Waals surface area contributed by atoms with E-state index in [1.165, 1.54) is 0 Å². The van der Waals surface area contributed by atoms with Gasteiger partial charge in [0.2, 0.25) is 0 Å². The van der Waals surface area contributed by atoms with Gasteiger partial charge in [0.25, 0.3) is 5.88 Å². The highest BCUT2D eigenvalue weighted by Gasteiger charge is 2.16. The highest BCUT2D eigenvalue weighted by atomic mass is 16.5. The minimum Gasteiger partial charge on any atom is -0.491 e. The highest BCUT2D eigenvalue weighted by molar-refractivity contribution is 5.32. The van der Waals surface area contributed by atoms with E-state index in [0.29, 0.717) is 11.6 Å². The van der Waals surface area contributed by atoms with Crippen LogP contribution in [0.2, 0.25) is 0 Å². The van der Waals surface area contributed by atoms with Crippen LogP contribution in [0, 0.1) is 0 Å². The zero-order chi connectivity index (χ0) is 10.5. The summed E-state index contributed by atoms with van der Waals surface area (Å²) in [7, 11) is 1.63.